The molecule has 4 N–H and O–H groups in total. The van der Waals surface area contributed by atoms with Gasteiger partial charge in [0.1, 0.15) is 0 Å². The molecule has 1 aliphatic rings. The van der Waals surface area contributed by atoms with Gasteiger partial charge in [-0.3, -0.25) is 9.59 Å². The number of hydrogen-bond donors (Lipinski definition) is 3. The molecule has 2 amide bonds. The molecule has 0 aliphatic carbocycles. The highest BCUT2D eigenvalue weighted by Gasteiger charge is 2.28. The SMILES string of the molecule is N=Cc1ccc(-c2noc(C3CCN(C(=O)CNC(=O)c4ccccc4)CC3)n2)cc1N. The Bertz CT molecular complexity index is 1120. The van der Waals surface area contributed by atoms with Crippen molar-refractivity contribution in [2.24, 2.45) is 0 Å². The quantitative estimate of drug-likeness (QED) is 0.404. The van der Waals surface area contributed by atoms with Crippen LogP contribution in [0.25, 0.3) is 11.4 Å². The van der Waals surface area contributed by atoms with Gasteiger partial charge in [-0.05, 0) is 31.0 Å². The van der Waals surface area contributed by atoms with E-state index in [0.717, 1.165) is 5.56 Å². The Morgan fingerprint density at radius 2 is 1.94 bits per heavy atom. The summed E-state index contributed by atoms with van der Waals surface area (Å²) in [4.78, 5) is 30.9. The van der Waals surface area contributed by atoms with Crippen molar-refractivity contribution in [2.75, 3.05) is 25.4 Å². The van der Waals surface area contributed by atoms with Crippen molar-refractivity contribution in [1.29, 1.82) is 5.41 Å². The summed E-state index contributed by atoms with van der Waals surface area (Å²) in [7, 11) is 0. The third kappa shape index (κ3) is 4.66. The third-order valence-corrected chi connectivity index (χ3v) is 5.58. The number of hydrogen-bond acceptors (Lipinski definition) is 7. The Morgan fingerprint density at radius 1 is 1.19 bits per heavy atom. The molecule has 32 heavy (non-hydrogen) atoms. The summed E-state index contributed by atoms with van der Waals surface area (Å²) in [5.74, 6) is 0.684. The number of nitrogens with zero attached hydrogens (tertiary/aromatic N) is 3. The van der Waals surface area contributed by atoms with Gasteiger partial charge < -0.3 is 25.9 Å². The highest BCUT2D eigenvalue weighted by molar-refractivity contribution is 5.96. The van der Waals surface area contributed by atoms with E-state index in [1.54, 1.807) is 47.4 Å². The summed E-state index contributed by atoms with van der Waals surface area (Å²) in [5.41, 5.74) is 8.31. The van der Waals surface area contributed by atoms with Crippen LogP contribution in [0.15, 0.2) is 53.1 Å². The minimum Gasteiger partial charge on any atom is -0.398 e. The number of benzene rings is 2. The van der Waals surface area contributed by atoms with Crippen LogP contribution in [0.2, 0.25) is 0 Å². The number of piperidine rings is 1. The topological polar surface area (TPSA) is 138 Å². The number of aromatic nitrogens is 2. The predicted octanol–water partition coefficient (Wildman–Crippen LogP) is 2.45. The zero-order valence-corrected chi connectivity index (χ0v) is 17.5. The molecular formula is C23H24N6O3. The molecule has 1 fully saturated rings. The smallest absolute Gasteiger partial charge is 0.251 e. The van der Waals surface area contributed by atoms with Crippen molar-refractivity contribution in [2.45, 2.75) is 18.8 Å². The molecule has 2 heterocycles. The zero-order chi connectivity index (χ0) is 22.5. The van der Waals surface area contributed by atoms with Crippen molar-refractivity contribution >= 4 is 23.7 Å². The van der Waals surface area contributed by atoms with Crippen molar-refractivity contribution in [3.8, 4) is 11.4 Å². The number of rotatable bonds is 6. The van der Waals surface area contributed by atoms with E-state index in [9.17, 15) is 9.59 Å². The number of carbonyl (C=O) groups is 2. The van der Waals surface area contributed by atoms with Crippen molar-refractivity contribution < 1.29 is 14.1 Å². The van der Waals surface area contributed by atoms with Crippen molar-refractivity contribution in [3.05, 3.63) is 65.5 Å². The number of likely N-dealkylation sites (tertiary alicyclic amines) is 1. The van der Waals surface area contributed by atoms with Crippen LogP contribution in [0, 0.1) is 5.41 Å². The van der Waals surface area contributed by atoms with Crippen LogP contribution in [-0.2, 0) is 4.79 Å². The van der Waals surface area contributed by atoms with Crippen LogP contribution < -0.4 is 11.1 Å². The first-order chi connectivity index (χ1) is 15.5. The highest BCUT2D eigenvalue weighted by Crippen LogP contribution is 2.29. The Labute approximate surface area is 185 Å². The van der Waals surface area contributed by atoms with E-state index >= 15 is 0 Å². The standard InChI is InChI=1S/C23H24N6O3/c24-13-18-7-6-17(12-19(18)25)21-27-23(32-28-21)16-8-10-29(11-9-16)20(30)14-26-22(31)15-4-2-1-3-5-15/h1-7,12-13,16,24H,8-11,14,25H2,(H,26,31). The summed E-state index contributed by atoms with van der Waals surface area (Å²) in [6.45, 7) is 1.09. The van der Waals surface area contributed by atoms with Crippen LogP contribution >= 0.6 is 0 Å². The maximum atomic E-state index is 12.5. The normalized spacial score (nSPS) is 14.2. The monoisotopic (exact) mass is 432 g/mol. The molecule has 0 bridgehead atoms. The average Bonchev–Trinajstić information content (AvgIpc) is 3.33. The molecule has 0 atom stereocenters. The molecule has 2 aromatic carbocycles. The van der Waals surface area contributed by atoms with Gasteiger partial charge in [-0.15, -0.1) is 0 Å². The minimum absolute atomic E-state index is 0.0315. The second-order valence-corrected chi connectivity index (χ2v) is 7.65. The Kier molecular flexibility index (Phi) is 6.25. The molecule has 1 saturated heterocycles. The Hall–Kier alpha value is -4.01. The van der Waals surface area contributed by atoms with E-state index in [0.29, 0.717) is 54.5 Å². The van der Waals surface area contributed by atoms with Gasteiger partial charge in [0.25, 0.3) is 5.91 Å². The van der Waals surface area contributed by atoms with Gasteiger partial charge in [0, 0.05) is 47.6 Å². The second-order valence-electron chi connectivity index (χ2n) is 7.65. The molecule has 9 heteroatoms. The third-order valence-electron chi connectivity index (χ3n) is 5.58. The number of amides is 2. The van der Waals surface area contributed by atoms with Crippen LogP contribution in [0.1, 0.15) is 40.6 Å². The molecule has 3 aromatic rings. The van der Waals surface area contributed by atoms with E-state index < -0.39 is 0 Å². The van der Waals surface area contributed by atoms with Gasteiger partial charge in [0.05, 0.1) is 6.54 Å². The molecule has 4 rings (SSSR count). The van der Waals surface area contributed by atoms with Crippen LogP contribution in [0.3, 0.4) is 0 Å². The van der Waals surface area contributed by atoms with E-state index in [2.05, 4.69) is 15.5 Å². The van der Waals surface area contributed by atoms with E-state index in [-0.39, 0.29) is 24.3 Å². The van der Waals surface area contributed by atoms with Crippen molar-refractivity contribution in [3.63, 3.8) is 0 Å². The van der Waals surface area contributed by atoms with Gasteiger partial charge in [-0.2, -0.15) is 4.98 Å². The van der Waals surface area contributed by atoms with Gasteiger partial charge in [-0.1, -0.05) is 35.5 Å². The second kappa shape index (κ2) is 9.42. The number of nitrogen functional groups attached to an aromatic ring is 1. The van der Waals surface area contributed by atoms with Crippen LogP contribution in [0.5, 0.6) is 0 Å². The Balaban J connectivity index is 1.30. The lowest BCUT2D eigenvalue weighted by Crippen LogP contribution is -2.43. The highest BCUT2D eigenvalue weighted by atomic mass is 16.5. The number of nitrogens with one attached hydrogen (secondary N) is 2. The van der Waals surface area contributed by atoms with Gasteiger partial charge >= 0.3 is 0 Å². The first-order valence-electron chi connectivity index (χ1n) is 10.4. The molecular weight excluding hydrogens is 408 g/mol. The van der Waals surface area contributed by atoms with Crippen LogP contribution in [-0.4, -0.2) is 52.7 Å². The number of anilines is 1. The maximum Gasteiger partial charge on any atom is 0.251 e. The summed E-state index contributed by atoms with van der Waals surface area (Å²) in [6, 6.07) is 14.1. The number of carbonyl (C=O) groups excluding carboxylic acids is 2. The molecule has 9 nitrogen and oxygen atoms in total. The van der Waals surface area contributed by atoms with E-state index in [4.69, 9.17) is 15.7 Å². The predicted molar refractivity (Wildman–Crippen MR) is 119 cm³/mol. The molecule has 0 spiro atoms. The van der Waals surface area contributed by atoms with Crippen LogP contribution in [0.4, 0.5) is 5.69 Å². The summed E-state index contributed by atoms with van der Waals surface area (Å²) < 4.78 is 5.47. The fourth-order valence-electron chi connectivity index (χ4n) is 3.70. The minimum atomic E-state index is -0.262. The first-order valence-corrected chi connectivity index (χ1v) is 10.4. The number of nitrogens with two attached hydrogens (primary N) is 1. The molecule has 0 radical (unpaired) electrons. The fraction of sp³-hybridized carbons (Fsp3) is 0.261. The molecule has 1 aromatic heterocycles. The van der Waals surface area contributed by atoms with Gasteiger partial charge in [0.15, 0.2) is 0 Å². The molecule has 164 valence electrons. The average molecular weight is 432 g/mol. The zero-order valence-electron chi connectivity index (χ0n) is 17.5. The van der Waals surface area contributed by atoms with Gasteiger partial charge in [0.2, 0.25) is 17.6 Å². The largest absolute Gasteiger partial charge is 0.398 e. The lowest BCUT2D eigenvalue weighted by atomic mass is 9.96. The first kappa shape index (κ1) is 21.2. The van der Waals surface area contributed by atoms with Crippen molar-refractivity contribution in [1.82, 2.24) is 20.4 Å². The lowest BCUT2D eigenvalue weighted by molar-refractivity contribution is -0.131. The molecule has 0 unspecified atom stereocenters. The summed E-state index contributed by atoms with van der Waals surface area (Å²) in [5, 5.41) is 14.1. The molecule has 1 aliphatic heterocycles. The Morgan fingerprint density at radius 3 is 2.62 bits per heavy atom. The molecule has 0 saturated carbocycles. The summed E-state index contributed by atoms with van der Waals surface area (Å²) in [6.07, 6.45) is 2.60. The van der Waals surface area contributed by atoms with E-state index in [1.807, 2.05) is 6.07 Å². The van der Waals surface area contributed by atoms with E-state index in [1.165, 1.54) is 6.21 Å². The fourth-order valence-corrected chi connectivity index (χ4v) is 3.70. The lowest BCUT2D eigenvalue weighted by Gasteiger charge is -2.30. The summed E-state index contributed by atoms with van der Waals surface area (Å²) >= 11 is 0. The maximum absolute atomic E-state index is 12.5. The van der Waals surface area contributed by atoms with Gasteiger partial charge in [-0.25, -0.2) is 0 Å².